The van der Waals surface area contributed by atoms with Crippen molar-refractivity contribution in [3.8, 4) is 0 Å². The lowest BCUT2D eigenvalue weighted by molar-refractivity contribution is -0.0169. The maximum Gasteiger partial charge on any atom is 0.118 e. The summed E-state index contributed by atoms with van der Waals surface area (Å²) in [4.78, 5) is 1.88. The smallest absolute Gasteiger partial charge is 0.118 e. The van der Waals surface area contributed by atoms with E-state index in [2.05, 4.69) is 0 Å². The molecule has 0 radical (unpaired) electrons. The second kappa shape index (κ2) is 3.52. The van der Waals surface area contributed by atoms with Gasteiger partial charge in [0.05, 0.1) is 0 Å². The molecule has 3 heteroatoms. The van der Waals surface area contributed by atoms with Crippen LogP contribution < -0.4 is 0 Å². The Bertz CT molecular complexity index is 164. The predicted octanol–water partition coefficient (Wildman–Crippen LogP) is 2.41. The predicted molar refractivity (Wildman–Crippen MR) is 50.3 cm³/mol. The van der Waals surface area contributed by atoms with Crippen molar-refractivity contribution < 1.29 is 8.78 Å². The molecular formula is C10H19F2N. The quantitative estimate of drug-likeness (QED) is 0.568. The summed E-state index contributed by atoms with van der Waals surface area (Å²) in [7, 11) is 0. The van der Waals surface area contributed by atoms with E-state index in [9.17, 15) is 8.78 Å². The minimum absolute atomic E-state index is 0.130. The summed E-state index contributed by atoms with van der Waals surface area (Å²) in [6.07, 6.45) is -2.05. The molecule has 0 aliphatic carbocycles. The lowest BCUT2D eigenvalue weighted by Crippen LogP contribution is -2.54. The van der Waals surface area contributed by atoms with Gasteiger partial charge in [-0.2, -0.15) is 0 Å². The molecular weight excluding hydrogens is 172 g/mol. The van der Waals surface area contributed by atoms with Gasteiger partial charge in [0.2, 0.25) is 0 Å². The largest absolute Gasteiger partial charge is 0.293 e. The van der Waals surface area contributed by atoms with E-state index in [0.717, 1.165) is 0 Å². The highest BCUT2D eigenvalue weighted by Crippen LogP contribution is 2.27. The lowest BCUT2D eigenvalue weighted by Gasteiger charge is -2.43. The molecule has 0 aromatic carbocycles. The third-order valence-electron chi connectivity index (χ3n) is 2.88. The van der Waals surface area contributed by atoms with Crippen molar-refractivity contribution in [2.75, 3.05) is 13.1 Å². The molecule has 1 heterocycles. The monoisotopic (exact) mass is 191 g/mol. The SMILES string of the molecule is CC1C(F)CN(C(C)(C)C)CC1F. The first kappa shape index (κ1) is 10.9. The van der Waals surface area contributed by atoms with Crippen LogP contribution in [0, 0.1) is 5.92 Å². The molecule has 0 bridgehead atoms. The summed E-state index contributed by atoms with van der Waals surface area (Å²) >= 11 is 0. The van der Waals surface area contributed by atoms with Gasteiger partial charge in [0.1, 0.15) is 12.3 Å². The van der Waals surface area contributed by atoms with Gasteiger partial charge in [-0.25, -0.2) is 8.78 Å². The minimum Gasteiger partial charge on any atom is -0.293 e. The van der Waals surface area contributed by atoms with Crippen LogP contribution in [0.2, 0.25) is 0 Å². The molecule has 1 aliphatic heterocycles. The highest BCUT2D eigenvalue weighted by atomic mass is 19.1. The molecule has 0 amide bonds. The van der Waals surface area contributed by atoms with Crippen molar-refractivity contribution in [2.24, 2.45) is 5.92 Å². The van der Waals surface area contributed by atoms with E-state index in [4.69, 9.17) is 0 Å². The second-order valence-electron chi connectivity index (χ2n) is 4.97. The average Bonchev–Trinajstić information content (AvgIpc) is 1.97. The molecule has 1 aliphatic rings. The van der Waals surface area contributed by atoms with E-state index in [1.165, 1.54) is 0 Å². The first-order valence-electron chi connectivity index (χ1n) is 4.85. The number of alkyl halides is 2. The Morgan fingerprint density at radius 3 is 1.77 bits per heavy atom. The van der Waals surface area contributed by atoms with E-state index in [-0.39, 0.29) is 5.54 Å². The van der Waals surface area contributed by atoms with Crippen LogP contribution in [0.5, 0.6) is 0 Å². The van der Waals surface area contributed by atoms with Crippen molar-refractivity contribution in [3.05, 3.63) is 0 Å². The Balaban J connectivity index is 2.64. The Kier molecular flexibility index (Phi) is 2.95. The molecule has 2 atom stereocenters. The van der Waals surface area contributed by atoms with Crippen LogP contribution in [0.3, 0.4) is 0 Å². The normalized spacial score (nSPS) is 37.8. The number of likely N-dealkylation sites (tertiary alicyclic amines) is 1. The van der Waals surface area contributed by atoms with Gasteiger partial charge >= 0.3 is 0 Å². The van der Waals surface area contributed by atoms with Gasteiger partial charge in [0.25, 0.3) is 0 Å². The zero-order valence-corrected chi connectivity index (χ0v) is 8.85. The van der Waals surface area contributed by atoms with E-state index in [0.29, 0.717) is 13.1 Å². The van der Waals surface area contributed by atoms with Crippen LogP contribution in [0.25, 0.3) is 0 Å². The standard InChI is InChI=1S/C10H19F2N/c1-7-8(11)5-13(6-9(7)12)10(2,3)4/h7-9H,5-6H2,1-4H3. The first-order chi connectivity index (χ1) is 5.82. The summed E-state index contributed by atoms with van der Waals surface area (Å²) in [5.74, 6) is -0.446. The van der Waals surface area contributed by atoms with Crippen molar-refractivity contribution in [1.82, 2.24) is 4.90 Å². The van der Waals surface area contributed by atoms with Crippen LogP contribution in [0.15, 0.2) is 0 Å². The van der Waals surface area contributed by atoms with Crippen molar-refractivity contribution in [1.29, 1.82) is 0 Å². The molecule has 0 N–H and O–H groups in total. The Labute approximate surface area is 79.1 Å². The lowest BCUT2D eigenvalue weighted by atomic mass is 9.91. The van der Waals surface area contributed by atoms with Crippen LogP contribution in [-0.4, -0.2) is 35.9 Å². The Morgan fingerprint density at radius 2 is 1.46 bits per heavy atom. The van der Waals surface area contributed by atoms with Gasteiger partial charge in [-0.1, -0.05) is 6.92 Å². The van der Waals surface area contributed by atoms with Gasteiger partial charge in [0, 0.05) is 24.5 Å². The molecule has 1 nitrogen and oxygen atoms in total. The molecule has 0 saturated carbocycles. The molecule has 13 heavy (non-hydrogen) atoms. The first-order valence-corrected chi connectivity index (χ1v) is 4.85. The number of hydrogen-bond acceptors (Lipinski definition) is 1. The maximum atomic E-state index is 13.3. The molecule has 0 aromatic rings. The summed E-state index contributed by atoms with van der Waals surface area (Å²) in [5, 5.41) is 0. The second-order valence-corrected chi connectivity index (χ2v) is 4.97. The van der Waals surface area contributed by atoms with Crippen molar-refractivity contribution in [3.63, 3.8) is 0 Å². The molecule has 78 valence electrons. The maximum absolute atomic E-state index is 13.3. The highest BCUT2D eigenvalue weighted by molar-refractivity contribution is 4.89. The van der Waals surface area contributed by atoms with Gasteiger partial charge in [-0.05, 0) is 20.8 Å². The molecule has 0 spiro atoms. The third-order valence-corrected chi connectivity index (χ3v) is 2.88. The molecule has 1 fully saturated rings. The number of rotatable bonds is 0. The van der Waals surface area contributed by atoms with E-state index in [1.54, 1.807) is 6.92 Å². The summed E-state index contributed by atoms with van der Waals surface area (Å²) in [5.41, 5.74) is -0.130. The molecule has 1 saturated heterocycles. The van der Waals surface area contributed by atoms with Gasteiger partial charge in [-0.15, -0.1) is 0 Å². The fraction of sp³-hybridized carbons (Fsp3) is 1.00. The van der Waals surface area contributed by atoms with Crippen LogP contribution in [0.1, 0.15) is 27.7 Å². The van der Waals surface area contributed by atoms with Crippen LogP contribution >= 0.6 is 0 Å². The molecule has 1 rings (SSSR count). The number of halogens is 2. The average molecular weight is 191 g/mol. The fourth-order valence-corrected chi connectivity index (χ4v) is 1.60. The molecule has 2 unspecified atom stereocenters. The van der Waals surface area contributed by atoms with Crippen molar-refractivity contribution in [2.45, 2.75) is 45.6 Å². The third kappa shape index (κ3) is 2.39. The zero-order valence-electron chi connectivity index (χ0n) is 8.85. The Hall–Kier alpha value is -0.180. The Morgan fingerprint density at radius 1 is 1.08 bits per heavy atom. The van der Waals surface area contributed by atoms with Crippen LogP contribution in [-0.2, 0) is 0 Å². The van der Waals surface area contributed by atoms with Gasteiger partial charge < -0.3 is 0 Å². The number of nitrogens with zero attached hydrogens (tertiary/aromatic N) is 1. The number of piperidine rings is 1. The van der Waals surface area contributed by atoms with Gasteiger partial charge in [0.15, 0.2) is 0 Å². The van der Waals surface area contributed by atoms with Crippen molar-refractivity contribution >= 4 is 0 Å². The minimum atomic E-state index is -1.03. The van der Waals surface area contributed by atoms with E-state index in [1.807, 2.05) is 25.7 Å². The summed E-state index contributed by atoms with van der Waals surface area (Å²) in [6.45, 7) is 8.35. The summed E-state index contributed by atoms with van der Waals surface area (Å²) < 4.78 is 26.7. The highest BCUT2D eigenvalue weighted by Gasteiger charge is 2.38. The van der Waals surface area contributed by atoms with Crippen LogP contribution in [0.4, 0.5) is 8.78 Å². The number of hydrogen-bond donors (Lipinski definition) is 0. The fourth-order valence-electron chi connectivity index (χ4n) is 1.60. The zero-order chi connectivity index (χ0) is 10.2. The summed E-state index contributed by atoms with van der Waals surface area (Å²) in [6, 6.07) is 0. The molecule has 0 aromatic heterocycles. The topological polar surface area (TPSA) is 3.24 Å². The van der Waals surface area contributed by atoms with E-state index >= 15 is 0 Å². The van der Waals surface area contributed by atoms with Gasteiger partial charge in [-0.3, -0.25) is 4.90 Å². The van der Waals surface area contributed by atoms with E-state index < -0.39 is 18.3 Å².